The van der Waals surface area contributed by atoms with Crippen LogP contribution in [0.1, 0.15) is 18.5 Å². The van der Waals surface area contributed by atoms with Crippen LogP contribution in [-0.2, 0) is 6.54 Å². The van der Waals surface area contributed by atoms with Crippen LogP contribution in [-0.4, -0.2) is 40.0 Å². The molecule has 4 nitrogen and oxygen atoms in total. The van der Waals surface area contributed by atoms with Crippen molar-refractivity contribution in [2.45, 2.75) is 25.4 Å². The fourth-order valence-corrected chi connectivity index (χ4v) is 4.01. The average molecular weight is 262 g/mol. The van der Waals surface area contributed by atoms with E-state index in [2.05, 4.69) is 37.4 Å². The zero-order chi connectivity index (χ0) is 11.9. The van der Waals surface area contributed by atoms with Crippen LogP contribution in [0, 0.1) is 5.92 Å². The lowest BCUT2D eigenvalue weighted by atomic mass is 9.84. The quantitative estimate of drug-likeness (QED) is 0.911. The third kappa shape index (κ3) is 1.86. The molecule has 3 saturated heterocycles. The van der Waals surface area contributed by atoms with E-state index in [0.717, 1.165) is 17.4 Å². The third-order valence-corrected chi connectivity index (χ3v) is 5.12. The number of imidazole rings is 1. The van der Waals surface area contributed by atoms with Gasteiger partial charge in [-0.05, 0) is 31.8 Å². The molecule has 18 heavy (non-hydrogen) atoms. The Bertz CT molecular complexity index is 509. The predicted octanol–water partition coefficient (Wildman–Crippen LogP) is 1.58. The Morgan fingerprint density at radius 1 is 1.39 bits per heavy atom. The maximum absolute atomic E-state index is 4.62. The summed E-state index contributed by atoms with van der Waals surface area (Å²) in [6, 6.07) is 0.673. The van der Waals surface area contributed by atoms with Gasteiger partial charge in [0.2, 0.25) is 0 Å². The van der Waals surface area contributed by atoms with Crippen LogP contribution >= 0.6 is 11.3 Å². The standard InChI is InChI=1S/C13H18N4S/c1-3-16-4-2-10(1)12(9-16)14-7-11-8-17-5-6-18-13(17)15-11/h5-6,8,10,12,14H,1-4,7,9H2. The van der Waals surface area contributed by atoms with Gasteiger partial charge >= 0.3 is 0 Å². The van der Waals surface area contributed by atoms with Crippen molar-refractivity contribution in [1.82, 2.24) is 19.6 Å². The van der Waals surface area contributed by atoms with E-state index in [1.54, 1.807) is 11.3 Å². The first-order valence-corrected chi connectivity index (χ1v) is 7.63. The van der Waals surface area contributed by atoms with Crippen molar-refractivity contribution in [3.05, 3.63) is 23.5 Å². The summed E-state index contributed by atoms with van der Waals surface area (Å²) in [5.74, 6) is 0.888. The molecular formula is C13H18N4S. The van der Waals surface area contributed by atoms with Crippen LogP contribution in [0.5, 0.6) is 0 Å². The van der Waals surface area contributed by atoms with E-state index in [1.807, 2.05) is 0 Å². The zero-order valence-electron chi connectivity index (χ0n) is 10.4. The summed E-state index contributed by atoms with van der Waals surface area (Å²) in [5.41, 5.74) is 1.17. The summed E-state index contributed by atoms with van der Waals surface area (Å²) < 4.78 is 2.11. The highest BCUT2D eigenvalue weighted by Gasteiger charge is 2.33. The Labute approximate surface area is 111 Å². The van der Waals surface area contributed by atoms with Gasteiger partial charge in [-0.15, -0.1) is 11.3 Å². The van der Waals surface area contributed by atoms with Gasteiger partial charge < -0.3 is 10.2 Å². The lowest BCUT2D eigenvalue weighted by Crippen LogP contribution is -2.55. The fourth-order valence-electron chi connectivity index (χ4n) is 3.29. The number of nitrogens with one attached hydrogen (secondary N) is 1. The first-order chi connectivity index (χ1) is 8.88. The van der Waals surface area contributed by atoms with Crippen molar-refractivity contribution < 1.29 is 0 Å². The molecule has 5 heteroatoms. The molecule has 5 heterocycles. The van der Waals surface area contributed by atoms with Crippen molar-refractivity contribution >= 4 is 16.3 Å². The zero-order valence-corrected chi connectivity index (χ0v) is 11.2. The molecule has 0 aromatic carbocycles. The molecule has 1 unspecified atom stereocenters. The minimum absolute atomic E-state index is 0.673. The number of hydrogen-bond donors (Lipinski definition) is 1. The van der Waals surface area contributed by atoms with Crippen molar-refractivity contribution in [2.75, 3.05) is 19.6 Å². The fraction of sp³-hybridized carbons (Fsp3) is 0.615. The maximum atomic E-state index is 4.62. The molecule has 0 aliphatic carbocycles. The monoisotopic (exact) mass is 262 g/mol. The molecule has 3 fully saturated rings. The van der Waals surface area contributed by atoms with Crippen molar-refractivity contribution in [3.63, 3.8) is 0 Å². The van der Waals surface area contributed by atoms with Crippen molar-refractivity contribution in [2.24, 2.45) is 5.92 Å². The van der Waals surface area contributed by atoms with Gasteiger partial charge in [0, 0.05) is 36.9 Å². The van der Waals surface area contributed by atoms with Gasteiger partial charge in [0.1, 0.15) is 0 Å². The molecule has 2 bridgehead atoms. The normalized spacial score (nSPS) is 31.2. The first kappa shape index (κ1) is 11.0. The molecule has 0 amide bonds. The van der Waals surface area contributed by atoms with Gasteiger partial charge in [0.05, 0.1) is 5.69 Å². The van der Waals surface area contributed by atoms with E-state index in [9.17, 15) is 0 Å². The van der Waals surface area contributed by atoms with Gasteiger partial charge in [-0.25, -0.2) is 4.98 Å². The molecular weight excluding hydrogens is 244 g/mol. The van der Waals surface area contributed by atoms with Gasteiger partial charge in [0.15, 0.2) is 4.96 Å². The summed E-state index contributed by atoms with van der Waals surface area (Å²) in [7, 11) is 0. The second kappa shape index (κ2) is 4.33. The Morgan fingerprint density at radius 2 is 2.28 bits per heavy atom. The van der Waals surface area contributed by atoms with Crippen LogP contribution in [0.2, 0.25) is 0 Å². The predicted molar refractivity (Wildman–Crippen MR) is 72.9 cm³/mol. The molecule has 5 rings (SSSR count). The Balaban J connectivity index is 1.42. The maximum Gasteiger partial charge on any atom is 0.193 e. The Hall–Kier alpha value is -0.910. The molecule has 0 spiro atoms. The van der Waals surface area contributed by atoms with E-state index in [4.69, 9.17) is 0 Å². The molecule has 1 N–H and O–H groups in total. The summed E-state index contributed by atoms with van der Waals surface area (Å²) in [5, 5.41) is 5.78. The largest absolute Gasteiger partial charge is 0.307 e. The summed E-state index contributed by atoms with van der Waals surface area (Å²) >= 11 is 1.70. The lowest BCUT2D eigenvalue weighted by molar-refractivity contribution is 0.0719. The van der Waals surface area contributed by atoms with E-state index < -0.39 is 0 Å². The number of thiazole rings is 1. The number of rotatable bonds is 3. The smallest absolute Gasteiger partial charge is 0.193 e. The van der Waals surface area contributed by atoms with Crippen LogP contribution in [0.3, 0.4) is 0 Å². The second-order valence-electron chi connectivity index (χ2n) is 5.45. The highest BCUT2D eigenvalue weighted by atomic mass is 32.1. The molecule has 3 aliphatic heterocycles. The van der Waals surface area contributed by atoms with Crippen molar-refractivity contribution in [1.29, 1.82) is 0 Å². The minimum Gasteiger partial charge on any atom is -0.307 e. The minimum atomic E-state index is 0.673. The Kier molecular flexibility index (Phi) is 2.64. The van der Waals surface area contributed by atoms with Crippen LogP contribution in [0.25, 0.3) is 4.96 Å². The van der Waals surface area contributed by atoms with Gasteiger partial charge in [0.25, 0.3) is 0 Å². The van der Waals surface area contributed by atoms with Crippen molar-refractivity contribution in [3.8, 4) is 0 Å². The molecule has 0 radical (unpaired) electrons. The summed E-state index contributed by atoms with van der Waals surface area (Å²) in [6.45, 7) is 4.75. The average Bonchev–Trinajstić information content (AvgIpc) is 2.98. The second-order valence-corrected chi connectivity index (χ2v) is 6.32. The van der Waals surface area contributed by atoms with E-state index >= 15 is 0 Å². The molecule has 3 aliphatic rings. The van der Waals surface area contributed by atoms with Gasteiger partial charge in [-0.1, -0.05) is 0 Å². The third-order valence-electron chi connectivity index (χ3n) is 4.34. The van der Waals surface area contributed by atoms with E-state index in [0.29, 0.717) is 6.04 Å². The number of piperidine rings is 3. The summed E-state index contributed by atoms with van der Waals surface area (Å²) in [4.78, 5) is 8.31. The number of nitrogens with zero attached hydrogens (tertiary/aromatic N) is 3. The van der Waals surface area contributed by atoms with E-state index in [-0.39, 0.29) is 0 Å². The van der Waals surface area contributed by atoms with E-state index in [1.165, 1.54) is 38.2 Å². The lowest BCUT2D eigenvalue weighted by Gasteiger charge is -2.45. The molecule has 1 atom stereocenters. The molecule has 2 aromatic rings. The molecule has 2 aromatic heterocycles. The number of hydrogen-bond acceptors (Lipinski definition) is 4. The van der Waals surface area contributed by atoms with Gasteiger partial charge in [-0.2, -0.15) is 0 Å². The number of fused-ring (bicyclic) bond motifs is 4. The summed E-state index contributed by atoms with van der Waals surface area (Å²) in [6.07, 6.45) is 6.96. The van der Waals surface area contributed by atoms with Gasteiger partial charge in [-0.3, -0.25) is 4.40 Å². The number of aromatic nitrogens is 2. The first-order valence-electron chi connectivity index (χ1n) is 6.75. The molecule has 0 saturated carbocycles. The SMILES string of the molecule is c1cn2cc(CNC3CN4CCC3CC4)nc2s1. The highest BCUT2D eigenvalue weighted by Crippen LogP contribution is 2.27. The Morgan fingerprint density at radius 3 is 3.00 bits per heavy atom. The highest BCUT2D eigenvalue weighted by molar-refractivity contribution is 7.15. The topological polar surface area (TPSA) is 32.6 Å². The van der Waals surface area contributed by atoms with Crippen LogP contribution in [0.15, 0.2) is 17.8 Å². The van der Waals surface area contributed by atoms with Crippen LogP contribution < -0.4 is 5.32 Å². The molecule has 96 valence electrons. The van der Waals surface area contributed by atoms with Crippen LogP contribution in [0.4, 0.5) is 0 Å².